The molecule has 1 aromatic rings. The highest BCUT2D eigenvalue weighted by atomic mass is 16.5. The van der Waals surface area contributed by atoms with Crippen LogP contribution in [0.25, 0.3) is 0 Å². The maximum absolute atomic E-state index is 12.3. The van der Waals surface area contributed by atoms with E-state index < -0.39 is 0 Å². The lowest BCUT2D eigenvalue weighted by Crippen LogP contribution is -2.29. The van der Waals surface area contributed by atoms with Crippen LogP contribution in [0.15, 0.2) is 30.0 Å². The van der Waals surface area contributed by atoms with Crippen molar-refractivity contribution in [3.05, 3.63) is 41.1 Å². The highest BCUT2D eigenvalue weighted by molar-refractivity contribution is 5.97. The maximum Gasteiger partial charge on any atom is 0.263 e. The summed E-state index contributed by atoms with van der Waals surface area (Å²) in [5, 5.41) is 15.1. The second-order valence-electron chi connectivity index (χ2n) is 5.78. The van der Waals surface area contributed by atoms with Crippen LogP contribution >= 0.6 is 0 Å². The van der Waals surface area contributed by atoms with Crippen LogP contribution in [0.1, 0.15) is 43.9 Å². The molecular weight excluding hydrogens is 290 g/mol. The number of ether oxygens (including phenoxy) is 1. The summed E-state index contributed by atoms with van der Waals surface area (Å²) in [4.78, 5) is 12.3. The van der Waals surface area contributed by atoms with E-state index in [1.165, 1.54) is 6.20 Å². The van der Waals surface area contributed by atoms with Crippen molar-refractivity contribution in [1.82, 2.24) is 10.6 Å². The van der Waals surface area contributed by atoms with Crippen LogP contribution in [0.2, 0.25) is 0 Å². The van der Waals surface area contributed by atoms with Gasteiger partial charge in [-0.05, 0) is 39.7 Å². The molecule has 0 radical (unpaired) electrons. The Morgan fingerprint density at radius 3 is 2.87 bits per heavy atom. The Balaban J connectivity index is 2.09. The fraction of sp³-hybridized carbons (Fsp3) is 0.444. The number of rotatable bonds is 7. The summed E-state index contributed by atoms with van der Waals surface area (Å²) in [6, 6.07) is 7.99. The molecule has 0 saturated heterocycles. The highest BCUT2D eigenvalue weighted by Crippen LogP contribution is 2.26. The molecule has 0 aromatic heterocycles. The first-order valence-electron chi connectivity index (χ1n) is 7.95. The van der Waals surface area contributed by atoms with Crippen LogP contribution in [0.4, 0.5) is 0 Å². The molecule has 1 unspecified atom stereocenters. The minimum atomic E-state index is -0.378. The first kappa shape index (κ1) is 16.9. The molecule has 1 saturated carbocycles. The number of hydrogen-bond acceptors (Lipinski definition) is 4. The summed E-state index contributed by atoms with van der Waals surface area (Å²) < 4.78 is 5.63. The van der Waals surface area contributed by atoms with E-state index in [-0.39, 0.29) is 17.5 Å². The standard InChI is InChI=1S/C18H23N3O2/c1-4-23-17-8-5-12(2)9-16(17)13(3)21-18(22)14(10-19)11-20-15-6-7-15/h5,8-9,11,13,15,20H,4,6-7H2,1-3H3,(H,21,22)/b14-11-. The van der Waals surface area contributed by atoms with Crippen LogP contribution in [-0.4, -0.2) is 18.6 Å². The summed E-state index contributed by atoms with van der Waals surface area (Å²) in [6.07, 6.45) is 3.70. The molecule has 1 aliphatic carbocycles. The van der Waals surface area contributed by atoms with Gasteiger partial charge in [0.25, 0.3) is 5.91 Å². The fourth-order valence-corrected chi connectivity index (χ4v) is 2.25. The number of carbonyl (C=O) groups is 1. The van der Waals surface area contributed by atoms with Crippen molar-refractivity contribution < 1.29 is 9.53 Å². The summed E-state index contributed by atoms with van der Waals surface area (Å²) >= 11 is 0. The number of benzene rings is 1. The van der Waals surface area contributed by atoms with Crippen LogP contribution in [-0.2, 0) is 4.79 Å². The summed E-state index contributed by atoms with van der Waals surface area (Å²) in [5.41, 5.74) is 2.10. The third-order valence-electron chi connectivity index (χ3n) is 3.69. The number of carbonyl (C=O) groups excluding carboxylic acids is 1. The zero-order valence-electron chi connectivity index (χ0n) is 13.8. The van der Waals surface area contributed by atoms with Gasteiger partial charge in [-0.25, -0.2) is 0 Å². The van der Waals surface area contributed by atoms with Gasteiger partial charge >= 0.3 is 0 Å². The van der Waals surface area contributed by atoms with E-state index >= 15 is 0 Å². The van der Waals surface area contributed by atoms with E-state index in [4.69, 9.17) is 10.00 Å². The molecule has 2 N–H and O–H groups in total. The first-order chi connectivity index (χ1) is 11.0. The highest BCUT2D eigenvalue weighted by Gasteiger charge is 2.21. The SMILES string of the molecule is CCOc1ccc(C)cc1C(C)NC(=O)/C(C#N)=C\NC1CC1. The molecule has 0 spiro atoms. The van der Waals surface area contributed by atoms with Gasteiger partial charge in [-0.15, -0.1) is 0 Å². The van der Waals surface area contributed by atoms with Crippen LogP contribution in [0.5, 0.6) is 5.75 Å². The lowest BCUT2D eigenvalue weighted by atomic mass is 10.0. The van der Waals surface area contributed by atoms with Crippen molar-refractivity contribution in [2.45, 2.75) is 45.7 Å². The van der Waals surface area contributed by atoms with Gasteiger partial charge in [0.05, 0.1) is 12.6 Å². The zero-order chi connectivity index (χ0) is 16.8. The molecule has 23 heavy (non-hydrogen) atoms. The van der Waals surface area contributed by atoms with E-state index in [2.05, 4.69) is 10.6 Å². The van der Waals surface area contributed by atoms with Gasteiger partial charge in [-0.3, -0.25) is 4.79 Å². The average molecular weight is 313 g/mol. The lowest BCUT2D eigenvalue weighted by Gasteiger charge is -2.18. The van der Waals surface area contributed by atoms with Crippen molar-refractivity contribution in [3.63, 3.8) is 0 Å². The van der Waals surface area contributed by atoms with Crippen LogP contribution in [0, 0.1) is 18.3 Å². The third-order valence-corrected chi connectivity index (χ3v) is 3.69. The monoisotopic (exact) mass is 313 g/mol. The zero-order valence-corrected chi connectivity index (χ0v) is 13.8. The summed E-state index contributed by atoms with van der Waals surface area (Å²) in [6.45, 7) is 6.37. The molecule has 2 rings (SSSR count). The number of amides is 1. The van der Waals surface area contributed by atoms with E-state index in [9.17, 15) is 4.79 Å². The molecular formula is C18H23N3O2. The molecule has 1 amide bonds. The van der Waals surface area contributed by atoms with Crippen molar-refractivity contribution in [2.75, 3.05) is 6.61 Å². The third kappa shape index (κ3) is 4.75. The molecule has 5 nitrogen and oxygen atoms in total. The molecule has 0 aliphatic heterocycles. The number of nitrogens with one attached hydrogen (secondary N) is 2. The molecule has 5 heteroatoms. The number of nitriles is 1. The molecule has 122 valence electrons. The van der Waals surface area contributed by atoms with Crippen molar-refractivity contribution in [3.8, 4) is 11.8 Å². The van der Waals surface area contributed by atoms with Gasteiger partial charge in [-0.2, -0.15) is 5.26 Å². The molecule has 1 atom stereocenters. The number of aryl methyl sites for hydroxylation is 1. The van der Waals surface area contributed by atoms with Crippen molar-refractivity contribution in [2.24, 2.45) is 0 Å². The minimum absolute atomic E-state index is 0.0920. The maximum atomic E-state index is 12.3. The second kappa shape index (κ2) is 7.68. The predicted molar refractivity (Wildman–Crippen MR) is 88.8 cm³/mol. The number of hydrogen-bond donors (Lipinski definition) is 2. The van der Waals surface area contributed by atoms with Gasteiger partial charge in [0.15, 0.2) is 0 Å². The van der Waals surface area contributed by atoms with Crippen molar-refractivity contribution >= 4 is 5.91 Å². The second-order valence-corrected chi connectivity index (χ2v) is 5.78. The van der Waals surface area contributed by atoms with Crippen LogP contribution in [0.3, 0.4) is 0 Å². The molecule has 0 bridgehead atoms. The van der Waals surface area contributed by atoms with Crippen LogP contribution < -0.4 is 15.4 Å². The van der Waals surface area contributed by atoms with Gasteiger partial charge in [-0.1, -0.05) is 17.7 Å². The smallest absolute Gasteiger partial charge is 0.263 e. The summed E-state index contributed by atoms with van der Waals surface area (Å²) in [5.74, 6) is 0.376. The van der Waals surface area contributed by atoms with E-state index in [0.717, 1.165) is 29.7 Å². The molecule has 0 heterocycles. The van der Waals surface area contributed by atoms with E-state index in [1.807, 2.05) is 45.0 Å². The number of nitrogens with zero attached hydrogens (tertiary/aromatic N) is 1. The molecule has 1 aromatic carbocycles. The molecule has 1 aliphatic rings. The Morgan fingerprint density at radius 1 is 1.52 bits per heavy atom. The Hall–Kier alpha value is -2.48. The van der Waals surface area contributed by atoms with E-state index in [1.54, 1.807) is 0 Å². The Labute approximate surface area is 137 Å². The minimum Gasteiger partial charge on any atom is -0.494 e. The Bertz CT molecular complexity index is 642. The Morgan fingerprint density at radius 2 is 2.26 bits per heavy atom. The van der Waals surface area contributed by atoms with Gasteiger partial charge in [0, 0.05) is 17.8 Å². The van der Waals surface area contributed by atoms with E-state index in [0.29, 0.717) is 12.6 Å². The topological polar surface area (TPSA) is 74.1 Å². The Kier molecular flexibility index (Phi) is 5.64. The summed E-state index contributed by atoms with van der Waals surface area (Å²) in [7, 11) is 0. The normalized spacial score (nSPS) is 15.5. The van der Waals surface area contributed by atoms with Gasteiger partial charge in [0.2, 0.25) is 0 Å². The van der Waals surface area contributed by atoms with Crippen molar-refractivity contribution in [1.29, 1.82) is 5.26 Å². The fourth-order valence-electron chi connectivity index (χ4n) is 2.25. The predicted octanol–water partition coefficient (Wildman–Crippen LogP) is 2.73. The average Bonchev–Trinajstić information content (AvgIpc) is 3.34. The lowest BCUT2D eigenvalue weighted by molar-refractivity contribution is -0.117. The first-order valence-corrected chi connectivity index (χ1v) is 7.95. The van der Waals surface area contributed by atoms with Gasteiger partial charge < -0.3 is 15.4 Å². The largest absolute Gasteiger partial charge is 0.494 e. The van der Waals surface area contributed by atoms with Gasteiger partial charge in [0.1, 0.15) is 17.4 Å². The molecule has 1 fully saturated rings. The quantitative estimate of drug-likeness (QED) is 0.599.